The third kappa shape index (κ3) is 2.66. The number of amides is 2. The lowest BCUT2D eigenvalue weighted by molar-refractivity contribution is -0.136. The number of benzene rings is 1. The summed E-state index contributed by atoms with van der Waals surface area (Å²) in [7, 11) is 0. The second kappa shape index (κ2) is 6.32. The maximum absolute atomic E-state index is 13.2. The van der Waals surface area contributed by atoms with Crippen LogP contribution in [0.5, 0.6) is 5.75 Å². The molecule has 2 amide bonds. The second-order valence-electron chi connectivity index (χ2n) is 8.02. The molecule has 3 fully saturated rings. The average Bonchev–Trinajstić information content (AvgIpc) is 3.31. The van der Waals surface area contributed by atoms with Gasteiger partial charge in [-0.25, -0.2) is 4.79 Å². The molecule has 0 bridgehead atoms. The van der Waals surface area contributed by atoms with E-state index in [1.807, 2.05) is 13.8 Å². The van der Waals surface area contributed by atoms with E-state index in [0.717, 1.165) is 0 Å². The molecular weight excluding hydrogens is 376 g/mol. The van der Waals surface area contributed by atoms with Crippen LogP contribution in [0.2, 0.25) is 0 Å². The zero-order valence-electron chi connectivity index (χ0n) is 16.3. The molecule has 1 spiro atoms. The standard InChI is InChI=1S/C21H22N2O6/c1-12(2)28-14-4-3-13-9-15(20(26)29-16(13)10-14)19(25)22-6-5-21-17(22)11-18(24)23(21)7-8-27-21/h3-4,9-10,12,17H,5-8,11H2,1-2H3/t17-,21+/m1/s1. The van der Waals surface area contributed by atoms with Crippen LogP contribution in [-0.4, -0.2) is 59.2 Å². The fraction of sp³-hybridized carbons (Fsp3) is 0.476. The Morgan fingerprint density at radius 1 is 1.24 bits per heavy atom. The predicted molar refractivity (Wildman–Crippen MR) is 103 cm³/mol. The van der Waals surface area contributed by atoms with Crippen LogP contribution in [0.15, 0.2) is 33.5 Å². The molecule has 3 aliphatic heterocycles. The summed E-state index contributed by atoms with van der Waals surface area (Å²) in [6.45, 7) is 5.28. The van der Waals surface area contributed by atoms with Crippen LogP contribution < -0.4 is 10.4 Å². The predicted octanol–water partition coefficient (Wildman–Crippen LogP) is 1.75. The lowest BCUT2D eigenvalue weighted by Gasteiger charge is -2.31. The maximum Gasteiger partial charge on any atom is 0.349 e. The molecule has 8 heteroatoms. The Kier molecular flexibility index (Phi) is 3.96. The first-order valence-electron chi connectivity index (χ1n) is 9.89. The van der Waals surface area contributed by atoms with Gasteiger partial charge in [0.1, 0.15) is 16.9 Å². The second-order valence-corrected chi connectivity index (χ2v) is 8.02. The molecule has 2 atom stereocenters. The lowest BCUT2D eigenvalue weighted by Crippen LogP contribution is -2.49. The summed E-state index contributed by atoms with van der Waals surface area (Å²) in [6, 6.07) is 6.37. The molecule has 152 valence electrons. The van der Waals surface area contributed by atoms with Crippen LogP contribution >= 0.6 is 0 Å². The van der Waals surface area contributed by atoms with E-state index in [1.165, 1.54) is 0 Å². The highest BCUT2D eigenvalue weighted by molar-refractivity contribution is 5.98. The highest BCUT2D eigenvalue weighted by Gasteiger charge is 2.63. The summed E-state index contributed by atoms with van der Waals surface area (Å²) >= 11 is 0. The number of likely N-dealkylation sites (tertiary alicyclic amines) is 1. The zero-order valence-corrected chi connectivity index (χ0v) is 16.3. The molecule has 0 unspecified atom stereocenters. The van der Waals surface area contributed by atoms with Crippen molar-refractivity contribution in [2.24, 2.45) is 0 Å². The van der Waals surface area contributed by atoms with Crippen molar-refractivity contribution in [3.05, 3.63) is 40.2 Å². The Labute approximate surface area is 167 Å². The molecule has 8 nitrogen and oxygen atoms in total. The van der Waals surface area contributed by atoms with Crippen LogP contribution in [0.4, 0.5) is 0 Å². The topological polar surface area (TPSA) is 89.3 Å². The van der Waals surface area contributed by atoms with Gasteiger partial charge < -0.3 is 23.7 Å². The summed E-state index contributed by atoms with van der Waals surface area (Å²) in [5, 5.41) is 0.638. The number of ether oxygens (including phenoxy) is 2. The molecular formula is C21H22N2O6. The number of hydrogen-bond acceptors (Lipinski definition) is 6. The van der Waals surface area contributed by atoms with Crippen LogP contribution in [0, 0.1) is 0 Å². The van der Waals surface area contributed by atoms with Gasteiger partial charge in [0.25, 0.3) is 5.91 Å². The molecule has 1 aromatic carbocycles. The van der Waals surface area contributed by atoms with Gasteiger partial charge in [0.2, 0.25) is 5.91 Å². The molecule has 3 saturated heterocycles. The Morgan fingerprint density at radius 2 is 2.07 bits per heavy atom. The van der Waals surface area contributed by atoms with Gasteiger partial charge in [-0.3, -0.25) is 9.59 Å². The summed E-state index contributed by atoms with van der Waals surface area (Å²) in [6.07, 6.45) is 0.777. The van der Waals surface area contributed by atoms with Crippen molar-refractivity contribution in [2.75, 3.05) is 19.7 Å². The van der Waals surface area contributed by atoms with Gasteiger partial charge in [0, 0.05) is 31.0 Å². The van der Waals surface area contributed by atoms with E-state index in [0.29, 0.717) is 42.8 Å². The highest BCUT2D eigenvalue weighted by Crippen LogP contribution is 2.45. The van der Waals surface area contributed by atoms with Gasteiger partial charge in [-0.05, 0) is 32.0 Å². The average molecular weight is 398 g/mol. The van der Waals surface area contributed by atoms with Crippen LogP contribution in [0.1, 0.15) is 37.0 Å². The fourth-order valence-corrected chi connectivity index (χ4v) is 4.78. The van der Waals surface area contributed by atoms with E-state index < -0.39 is 17.3 Å². The molecule has 0 saturated carbocycles. The third-order valence-electron chi connectivity index (χ3n) is 5.97. The molecule has 4 heterocycles. The van der Waals surface area contributed by atoms with Crippen molar-refractivity contribution in [3.8, 4) is 5.75 Å². The quantitative estimate of drug-likeness (QED) is 0.732. The minimum absolute atomic E-state index is 0.00555. The molecule has 0 aliphatic carbocycles. The van der Waals surface area contributed by atoms with Crippen LogP contribution in [0.3, 0.4) is 0 Å². The monoisotopic (exact) mass is 398 g/mol. The summed E-state index contributed by atoms with van der Waals surface area (Å²) in [5.41, 5.74) is -1.09. The summed E-state index contributed by atoms with van der Waals surface area (Å²) in [5.74, 6) is 0.169. The van der Waals surface area contributed by atoms with Gasteiger partial charge in [0.15, 0.2) is 5.72 Å². The van der Waals surface area contributed by atoms with Crippen LogP contribution in [-0.2, 0) is 9.53 Å². The molecule has 5 rings (SSSR count). The fourth-order valence-electron chi connectivity index (χ4n) is 4.78. The minimum Gasteiger partial charge on any atom is -0.491 e. The van der Waals surface area contributed by atoms with Gasteiger partial charge in [0.05, 0.1) is 25.2 Å². The molecule has 0 N–H and O–H groups in total. The van der Waals surface area contributed by atoms with E-state index in [-0.39, 0.29) is 30.0 Å². The molecule has 2 aromatic rings. The Morgan fingerprint density at radius 3 is 2.86 bits per heavy atom. The van der Waals surface area contributed by atoms with Gasteiger partial charge in [-0.2, -0.15) is 0 Å². The van der Waals surface area contributed by atoms with E-state index in [2.05, 4.69) is 0 Å². The third-order valence-corrected chi connectivity index (χ3v) is 5.97. The molecule has 3 aliphatic rings. The normalized spacial score (nSPS) is 25.8. The maximum atomic E-state index is 13.2. The number of hydrogen-bond donors (Lipinski definition) is 0. The smallest absolute Gasteiger partial charge is 0.349 e. The first kappa shape index (κ1) is 18.2. The Hall–Kier alpha value is -2.87. The first-order valence-corrected chi connectivity index (χ1v) is 9.89. The van der Waals surface area contributed by atoms with E-state index in [4.69, 9.17) is 13.9 Å². The van der Waals surface area contributed by atoms with Crippen molar-refractivity contribution >= 4 is 22.8 Å². The van der Waals surface area contributed by atoms with Crippen molar-refractivity contribution in [1.82, 2.24) is 9.80 Å². The largest absolute Gasteiger partial charge is 0.491 e. The van der Waals surface area contributed by atoms with Crippen molar-refractivity contribution in [2.45, 2.75) is 44.6 Å². The number of rotatable bonds is 3. The SMILES string of the molecule is CC(C)Oc1ccc2cc(C(=O)N3CC[C@@]45OCCN4C(=O)C[C@@H]35)c(=O)oc2c1. The minimum atomic E-state index is -0.729. The summed E-state index contributed by atoms with van der Waals surface area (Å²) < 4.78 is 17.0. The van der Waals surface area contributed by atoms with Crippen molar-refractivity contribution in [3.63, 3.8) is 0 Å². The van der Waals surface area contributed by atoms with Gasteiger partial charge in [-0.15, -0.1) is 0 Å². The van der Waals surface area contributed by atoms with Crippen molar-refractivity contribution in [1.29, 1.82) is 0 Å². The Balaban J connectivity index is 1.48. The van der Waals surface area contributed by atoms with Gasteiger partial charge in [-0.1, -0.05) is 0 Å². The number of nitrogens with zero attached hydrogens (tertiary/aromatic N) is 2. The lowest BCUT2D eigenvalue weighted by atomic mass is 10.1. The van der Waals surface area contributed by atoms with E-state index >= 15 is 0 Å². The molecule has 0 radical (unpaired) electrons. The summed E-state index contributed by atoms with van der Waals surface area (Å²) in [4.78, 5) is 41.5. The Bertz CT molecular complexity index is 1080. The highest BCUT2D eigenvalue weighted by atomic mass is 16.5. The first-order chi connectivity index (χ1) is 13.9. The molecule has 1 aromatic heterocycles. The number of carbonyl (C=O) groups is 2. The number of carbonyl (C=O) groups excluding carboxylic acids is 2. The number of fused-ring (bicyclic) bond motifs is 1. The van der Waals surface area contributed by atoms with E-state index in [9.17, 15) is 14.4 Å². The molecule has 29 heavy (non-hydrogen) atoms. The van der Waals surface area contributed by atoms with Gasteiger partial charge >= 0.3 is 5.63 Å². The zero-order chi connectivity index (χ0) is 20.3. The van der Waals surface area contributed by atoms with E-state index in [1.54, 1.807) is 34.1 Å². The van der Waals surface area contributed by atoms with Crippen LogP contribution in [0.25, 0.3) is 11.0 Å². The van der Waals surface area contributed by atoms with Crippen molar-refractivity contribution < 1.29 is 23.5 Å².